The van der Waals surface area contributed by atoms with E-state index in [0.29, 0.717) is 6.42 Å². The summed E-state index contributed by atoms with van der Waals surface area (Å²) < 4.78 is 13.5. The molecule has 0 aliphatic heterocycles. The first-order chi connectivity index (χ1) is 9.06. The van der Waals surface area contributed by atoms with Gasteiger partial charge in [0.2, 0.25) is 5.91 Å². The zero-order valence-electron chi connectivity index (χ0n) is 11.3. The first-order valence-electron chi connectivity index (χ1n) is 6.88. The number of benzene rings is 1. The molecule has 0 aromatic heterocycles. The predicted molar refractivity (Wildman–Crippen MR) is 74.3 cm³/mol. The lowest BCUT2D eigenvalue weighted by atomic mass is 9.83. The third-order valence-electron chi connectivity index (χ3n) is 3.81. The summed E-state index contributed by atoms with van der Waals surface area (Å²) in [4.78, 5) is 12.0. The number of aryl methyl sites for hydroxylation is 1. The maximum Gasteiger partial charge on any atom is 0.224 e. The maximum absolute atomic E-state index is 13.5. The molecule has 0 bridgehead atoms. The van der Waals surface area contributed by atoms with Crippen molar-refractivity contribution in [3.8, 4) is 0 Å². The van der Waals surface area contributed by atoms with Crippen molar-refractivity contribution >= 4 is 11.6 Å². The maximum atomic E-state index is 13.5. The summed E-state index contributed by atoms with van der Waals surface area (Å²) in [6, 6.07) is 4.80. The Morgan fingerprint density at radius 2 is 2.16 bits per heavy atom. The number of halogens is 1. The van der Waals surface area contributed by atoms with Crippen LogP contribution in [0.4, 0.5) is 10.1 Å². The Morgan fingerprint density at radius 3 is 2.89 bits per heavy atom. The Morgan fingerprint density at radius 1 is 1.42 bits per heavy atom. The molecular formula is C15H21FN2O. The Hall–Kier alpha value is -1.42. The van der Waals surface area contributed by atoms with Crippen LogP contribution in [0, 0.1) is 18.7 Å². The van der Waals surface area contributed by atoms with Crippen LogP contribution >= 0.6 is 0 Å². The summed E-state index contributed by atoms with van der Waals surface area (Å²) in [5.41, 5.74) is 7.20. The number of amides is 1. The van der Waals surface area contributed by atoms with Crippen LogP contribution in [0.25, 0.3) is 0 Å². The Labute approximate surface area is 113 Å². The van der Waals surface area contributed by atoms with Crippen LogP contribution in [0.1, 0.15) is 37.7 Å². The van der Waals surface area contributed by atoms with E-state index in [2.05, 4.69) is 5.32 Å². The standard InChI is InChI=1S/C15H21FN2O/c1-10-6-7-12(16)14(8-10)18-15(19)9-11-4-2-3-5-13(11)17/h6-8,11,13H,2-5,9,17H2,1H3,(H,18,19). The summed E-state index contributed by atoms with van der Waals surface area (Å²) >= 11 is 0. The third kappa shape index (κ3) is 3.77. The molecule has 1 amide bonds. The summed E-state index contributed by atoms with van der Waals surface area (Å²) in [6.45, 7) is 1.87. The van der Waals surface area contributed by atoms with Crippen molar-refractivity contribution < 1.29 is 9.18 Å². The number of carbonyl (C=O) groups is 1. The zero-order valence-corrected chi connectivity index (χ0v) is 11.3. The zero-order chi connectivity index (χ0) is 13.8. The van der Waals surface area contributed by atoms with Crippen molar-refractivity contribution in [3.63, 3.8) is 0 Å². The van der Waals surface area contributed by atoms with Crippen LogP contribution in [-0.4, -0.2) is 11.9 Å². The smallest absolute Gasteiger partial charge is 0.224 e. The highest BCUT2D eigenvalue weighted by Crippen LogP contribution is 2.26. The molecule has 3 N–H and O–H groups in total. The summed E-state index contributed by atoms with van der Waals surface area (Å²) in [5.74, 6) is -0.319. The number of nitrogens with two attached hydrogens (primary N) is 1. The van der Waals surface area contributed by atoms with Gasteiger partial charge in [-0.15, -0.1) is 0 Å². The quantitative estimate of drug-likeness (QED) is 0.881. The van der Waals surface area contributed by atoms with E-state index in [1.165, 1.54) is 6.07 Å². The van der Waals surface area contributed by atoms with E-state index in [1.807, 2.05) is 6.92 Å². The van der Waals surface area contributed by atoms with Crippen molar-refractivity contribution in [1.29, 1.82) is 0 Å². The van der Waals surface area contributed by atoms with E-state index in [0.717, 1.165) is 31.2 Å². The van der Waals surface area contributed by atoms with E-state index >= 15 is 0 Å². The molecule has 19 heavy (non-hydrogen) atoms. The van der Waals surface area contributed by atoms with Crippen LogP contribution in [0.2, 0.25) is 0 Å². The average Bonchev–Trinajstić information content (AvgIpc) is 2.37. The van der Waals surface area contributed by atoms with Gasteiger partial charge in [-0.3, -0.25) is 4.79 Å². The van der Waals surface area contributed by atoms with E-state index in [9.17, 15) is 9.18 Å². The largest absolute Gasteiger partial charge is 0.327 e. The number of rotatable bonds is 3. The fraction of sp³-hybridized carbons (Fsp3) is 0.533. The fourth-order valence-electron chi connectivity index (χ4n) is 2.66. The van der Waals surface area contributed by atoms with Crippen molar-refractivity contribution in [1.82, 2.24) is 0 Å². The molecule has 1 aromatic rings. The molecule has 1 aromatic carbocycles. The lowest BCUT2D eigenvalue weighted by Gasteiger charge is -2.27. The Balaban J connectivity index is 1.95. The monoisotopic (exact) mass is 264 g/mol. The van der Waals surface area contributed by atoms with Crippen LogP contribution in [0.5, 0.6) is 0 Å². The van der Waals surface area contributed by atoms with Gasteiger partial charge in [-0.2, -0.15) is 0 Å². The van der Waals surface area contributed by atoms with Gasteiger partial charge < -0.3 is 11.1 Å². The minimum Gasteiger partial charge on any atom is -0.327 e. The molecule has 2 unspecified atom stereocenters. The first-order valence-corrected chi connectivity index (χ1v) is 6.88. The van der Waals surface area contributed by atoms with Gasteiger partial charge in [0.15, 0.2) is 0 Å². The van der Waals surface area contributed by atoms with Crippen molar-refractivity contribution in [2.24, 2.45) is 11.7 Å². The van der Waals surface area contributed by atoms with Gasteiger partial charge in [0, 0.05) is 12.5 Å². The average molecular weight is 264 g/mol. The van der Waals surface area contributed by atoms with Gasteiger partial charge in [0.25, 0.3) is 0 Å². The second-order valence-corrected chi connectivity index (χ2v) is 5.44. The van der Waals surface area contributed by atoms with Gasteiger partial charge in [0.05, 0.1) is 5.69 Å². The molecule has 0 saturated heterocycles. The lowest BCUT2D eigenvalue weighted by molar-refractivity contribution is -0.117. The number of nitrogens with one attached hydrogen (secondary N) is 1. The fourth-order valence-corrected chi connectivity index (χ4v) is 2.66. The third-order valence-corrected chi connectivity index (χ3v) is 3.81. The molecule has 4 heteroatoms. The van der Waals surface area contributed by atoms with Crippen molar-refractivity contribution in [2.75, 3.05) is 5.32 Å². The predicted octanol–water partition coefficient (Wildman–Crippen LogP) is 2.98. The van der Waals surface area contributed by atoms with Gasteiger partial charge >= 0.3 is 0 Å². The molecular weight excluding hydrogens is 243 g/mol. The van der Waals surface area contributed by atoms with Gasteiger partial charge in [-0.05, 0) is 43.4 Å². The minimum absolute atomic E-state index is 0.0989. The van der Waals surface area contributed by atoms with Crippen LogP contribution in [-0.2, 0) is 4.79 Å². The van der Waals surface area contributed by atoms with E-state index in [1.54, 1.807) is 12.1 Å². The molecule has 1 fully saturated rings. The molecule has 2 rings (SSSR count). The van der Waals surface area contributed by atoms with Gasteiger partial charge in [-0.25, -0.2) is 4.39 Å². The summed E-state index contributed by atoms with van der Waals surface area (Å²) in [5, 5.41) is 2.65. The van der Waals surface area contributed by atoms with Gasteiger partial charge in [-0.1, -0.05) is 18.9 Å². The van der Waals surface area contributed by atoms with Crippen molar-refractivity contribution in [3.05, 3.63) is 29.6 Å². The summed E-state index contributed by atoms with van der Waals surface area (Å²) in [7, 11) is 0. The number of hydrogen-bond acceptors (Lipinski definition) is 2. The van der Waals surface area contributed by atoms with Crippen molar-refractivity contribution in [2.45, 2.75) is 45.1 Å². The lowest BCUT2D eigenvalue weighted by Crippen LogP contribution is -2.35. The number of anilines is 1. The molecule has 3 nitrogen and oxygen atoms in total. The molecule has 0 heterocycles. The molecule has 0 radical (unpaired) electrons. The number of carbonyl (C=O) groups excluding carboxylic acids is 1. The first kappa shape index (κ1) is 14.0. The van der Waals surface area contributed by atoms with E-state index in [-0.39, 0.29) is 23.6 Å². The second-order valence-electron chi connectivity index (χ2n) is 5.44. The second kappa shape index (κ2) is 6.15. The van der Waals surface area contributed by atoms with Crippen LogP contribution < -0.4 is 11.1 Å². The Kier molecular flexibility index (Phi) is 4.53. The normalized spacial score (nSPS) is 23.1. The van der Waals surface area contributed by atoms with Crippen LogP contribution in [0.3, 0.4) is 0 Å². The van der Waals surface area contributed by atoms with Crippen LogP contribution in [0.15, 0.2) is 18.2 Å². The summed E-state index contributed by atoms with van der Waals surface area (Å²) in [6.07, 6.45) is 4.63. The molecule has 104 valence electrons. The SMILES string of the molecule is Cc1ccc(F)c(NC(=O)CC2CCCCC2N)c1. The Bertz CT molecular complexity index is 461. The minimum atomic E-state index is -0.396. The topological polar surface area (TPSA) is 55.1 Å². The van der Waals surface area contributed by atoms with Gasteiger partial charge in [0.1, 0.15) is 5.82 Å². The van der Waals surface area contributed by atoms with E-state index in [4.69, 9.17) is 5.73 Å². The number of hydrogen-bond donors (Lipinski definition) is 2. The molecule has 1 aliphatic carbocycles. The highest BCUT2D eigenvalue weighted by Gasteiger charge is 2.24. The molecule has 1 saturated carbocycles. The highest BCUT2D eigenvalue weighted by molar-refractivity contribution is 5.91. The molecule has 1 aliphatic rings. The molecule has 0 spiro atoms. The molecule has 2 atom stereocenters. The van der Waals surface area contributed by atoms with E-state index < -0.39 is 5.82 Å². The highest BCUT2D eigenvalue weighted by atomic mass is 19.1.